The van der Waals surface area contributed by atoms with Crippen molar-refractivity contribution in [1.82, 2.24) is 20.6 Å². The Hall–Kier alpha value is -6.50. The number of likely N-dealkylation sites (N-methyl/N-ethyl adjacent to an activating group) is 1. The summed E-state index contributed by atoms with van der Waals surface area (Å²) in [6.07, 6.45) is 6.10. The molecule has 282 valence electrons. The number of halogens is 3. The van der Waals surface area contributed by atoms with E-state index in [1.54, 1.807) is 68.1 Å². The van der Waals surface area contributed by atoms with Gasteiger partial charge in [-0.25, -0.2) is 4.79 Å². The smallest absolute Gasteiger partial charge is 0.416 e. The molecule has 2 amide bonds. The molecule has 6 aromatic rings. The normalized spacial score (nSPS) is 13.6. The number of amides is 2. The van der Waals surface area contributed by atoms with Gasteiger partial charge < -0.3 is 24.6 Å². The van der Waals surface area contributed by atoms with Gasteiger partial charge >= 0.3 is 12.1 Å². The zero-order chi connectivity index (χ0) is 39.0. The van der Waals surface area contributed by atoms with E-state index >= 15 is 0 Å². The molecule has 1 atom stereocenters. The van der Waals surface area contributed by atoms with Gasteiger partial charge in [0.05, 0.1) is 5.56 Å². The van der Waals surface area contributed by atoms with Crippen LogP contribution in [0.5, 0.6) is 0 Å². The summed E-state index contributed by atoms with van der Waals surface area (Å²) in [5.74, 6) is -0.639. The SMILES string of the molecule is CNC(=O)[C@@H](NC(=O)c1ccc(-c2ccc(-c3ccncc3)cn2)o1)C1CCCCC1.O=C(O)c1ccc(-c2ccc(-c3ccc(C(F)(F)F)cc3)cc2)o1. The maximum Gasteiger partial charge on any atom is 0.416 e. The number of rotatable bonds is 9. The van der Waals surface area contributed by atoms with E-state index in [0.717, 1.165) is 54.5 Å². The summed E-state index contributed by atoms with van der Waals surface area (Å²) in [4.78, 5) is 44.5. The summed E-state index contributed by atoms with van der Waals surface area (Å²) < 4.78 is 48.7. The van der Waals surface area contributed by atoms with Crippen LogP contribution in [0.4, 0.5) is 13.2 Å². The average Bonchev–Trinajstić information content (AvgIpc) is 3.93. The molecule has 1 aliphatic carbocycles. The Kier molecular flexibility index (Phi) is 11.9. The van der Waals surface area contributed by atoms with Crippen molar-refractivity contribution in [2.45, 2.75) is 44.3 Å². The third kappa shape index (κ3) is 9.55. The lowest BCUT2D eigenvalue weighted by Crippen LogP contribution is -2.50. The number of carbonyl (C=O) groups excluding carboxylic acids is 2. The van der Waals surface area contributed by atoms with Crippen molar-refractivity contribution in [3.63, 3.8) is 0 Å². The van der Waals surface area contributed by atoms with Crippen LogP contribution in [-0.4, -0.2) is 45.9 Å². The van der Waals surface area contributed by atoms with Gasteiger partial charge in [-0.3, -0.25) is 19.6 Å². The first kappa shape index (κ1) is 38.2. The molecule has 10 nitrogen and oxygen atoms in total. The minimum atomic E-state index is -4.36. The molecule has 0 saturated heterocycles. The molecular weight excluding hydrogens is 713 g/mol. The number of benzene rings is 2. The summed E-state index contributed by atoms with van der Waals surface area (Å²) in [6.45, 7) is 0. The predicted octanol–water partition coefficient (Wildman–Crippen LogP) is 9.16. The zero-order valence-corrected chi connectivity index (χ0v) is 29.7. The Labute approximate surface area is 314 Å². The van der Waals surface area contributed by atoms with E-state index in [9.17, 15) is 27.6 Å². The highest BCUT2D eigenvalue weighted by Crippen LogP contribution is 2.32. The maximum absolute atomic E-state index is 12.8. The Bertz CT molecular complexity index is 2210. The van der Waals surface area contributed by atoms with Crippen LogP contribution < -0.4 is 10.6 Å². The van der Waals surface area contributed by atoms with Crippen LogP contribution in [0.15, 0.2) is 124 Å². The van der Waals surface area contributed by atoms with Crippen LogP contribution >= 0.6 is 0 Å². The molecule has 0 unspecified atom stereocenters. The molecular formula is C42H37F3N4O6. The second-order valence-electron chi connectivity index (χ2n) is 12.9. The molecule has 0 radical (unpaired) electrons. The number of nitrogens with zero attached hydrogens (tertiary/aromatic N) is 2. The first-order chi connectivity index (χ1) is 26.5. The first-order valence-corrected chi connectivity index (χ1v) is 17.6. The molecule has 4 heterocycles. The van der Waals surface area contributed by atoms with E-state index in [1.807, 2.05) is 24.3 Å². The Morgan fingerprint density at radius 3 is 1.85 bits per heavy atom. The van der Waals surface area contributed by atoms with Gasteiger partial charge in [0.2, 0.25) is 11.7 Å². The summed E-state index contributed by atoms with van der Waals surface area (Å²) >= 11 is 0. The van der Waals surface area contributed by atoms with Crippen molar-refractivity contribution in [2.75, 3.05) is 7.05 Å². The third-order valence-electron chi connectivity index (χ3n) is 9.33. The van der Waals surface area contributed by atoms with Crippen molar-refractivity contribution in [2.24, 2.45) is 5.92 Å². The predicted molar refractivity (Wildman–Crippen MR) is 199 cm³/mol. The van der Waals surface area contributed by atoms with E-state index < -0.39 is 23.8 Å². The molecule has 55 heavy (non-hydrogen) atoms. The molecule has 0 bridgehead atoms. The van der Waals surface area contributed by atoms with Gasteiger partial charge in [0.25, 0.3) is 5.91 Å². The number of carboxylic acids is 1. The van der Waals surface area contributed by atoms with Crippen LogP contribution in [0, 0.1) is 5.92 Å². The summed E-state index contributed by atoms with van der Waals surface area (Å²) in [6, 6.07) is 25.1. The lowest BCUT2D eigenvalue weighted by Gasteiger charge is -2.29. The number of aromatic carboxylic acids is 1. The maximum atomic E-state index is 12.8. The quantitative estimate of drug-likeness (QED) is 0.133. The van der Waals surface area contributed by atoms with Crippen molar-refractivity contribution in [3.8, 4) is 45.0 Å². The van der Waals surface area contributed by atoms with Gasteiger partial charge in [0.1, 0.15) is 17.5 Å². The fourth-order valence-electron chi connectivity index (χ4n) is 6.37. The second-order valence-corrected chi connectivity index (χ2v) is 12.9. The Morgan fingerprint density at radius 2 is 1.27 bits per heavy atom. The third-order valence-corrected chi connectivity index (χ3v) is 9.33. The number of hydrogen-bond acceptors (Lipinski definition) is 7. The molecule has 1 aliphatic rings. The van der Waals surface area contributed by atoms with Crippen LogP contribution in [0.25, 0.3) is 45.0 Å². The highest BCUT2D eigenvalue weighted by molar-refractivity contribution is 5.96. The number of aromatic nitrogens is 2. The highest BCUT2D eigenvalue weighted by atomic mass is 19.4. The number of furan rings is 2. The van der Waals surface area contributed by atoms with E-state index in [-0.39, 0.29) is 29.3 Å². The van der Waals surface area contributed by atoms with Crippen molar-refractivity contribution in [3.05, 3.63) is 133 Å². The number of hydrogen-bond donors (Lipinski definition) is 3. The number of carbonyl (C=O) groups is 3. The van der Waals surface area contributed by atoms with E-state index in [2.05, 4.69) is 20.6 Å². The monoisotopic (exact) mass is 750 g/mol. The highest BCUT2D eigenvalue weighted by Gasteiger charge is 2.32. The number of carboxylic acid groups (broad SMARTS) is 1. The summed E-state index contributed by atoms with van der Waals surface area (Å²) in [5.41, 5.74) is 4.01. The largest absolute Gasteiger partial charge is 0.475 e. The van der Waals surface area contributed by atoms with Crippen LogP contribution in [-0.2, 0) is 11.0 Å². The van der Waals surface area contributed by atoms with Crippen molar-refractivity contribution in [1.29, 1.82) is 0 Å². The van der Waals surface area contributed by atoms with E-state index in [1.165, 1.54) is 24.6 Å². The van der Waals surface area contributed by atoms with Gasteiger partial charge in [0.15, 0.2) is 11.5 Å². The molecule has 4 aromatic heterocycles. The molecule has 7 rings (SSSR count). The van der Waals surface area contributed by atoms with Crippen molar-refractivity contribution < 1.29 is 41.5 Å². The fourth-order valence-corrected chi connectivity index (χ4v) is 6.37. The second kappa shape index (κ2) is 17.1. The minimum Gasteiger partial charge on any atom is -0.475 e. The Morgan fingerprint density at radius 1 is 0.709 bits per heavy atom. The van der Waals surface area contributed by atoms with Gasteiger partial charge in [-0.1, -0.05) is 61.7 Å². The van der Waals surface area contributed by atoms with Gasteiger partial charge in [0, 0.05) is 36.8 Å². The molecule has 0 aliphatic heterocycles. The molecule has 13 heteroatoms. The van der Waals surface area contributed by atoms with Crippen LogP contribution in [0.2, 0.25) is 0 Å². The van der Waals surface area contributed by atoms with Crippen LogP contribution in [0.3, 0.4) is 0 Å². The van der Waals surface area contributed by atoms with Gasteiger partial charge in [-0.05, 0) is 90.0 Å². The van der Waals surface area contributed by atoms with Crippen LogP contribution in [0.1, 0.15) is 58.8 Å². The van der Waals surface area contributed by atoms with E-state index in [0.29, 0.717) is 28.3 Å². The van der Waals surface area contributed by atoms with E-state index in [4.69, 9.17) is 13.9 Å². The van der Waals surface area contributed by atoms with Gasteiger partial charge in [-0.15, -0.1) is 0 Å². The summed E-state index contributed by atoms with van der Waals surface area (Å²) in [5, 5.41) is 14.4. The molecule has 1 fully saturated rings. The number of pyridine rings is 2. The van der Waals surface area contributed by atoms with Crippen molar-refractivity contribution >= 4 is 17.8 Å². The number of alkyl halides is 3. The molecule has 1 saturated carbocycles. The zero-order valence-electron chi connectivity index (χ0n) is 29.7. The topological polar surface area (TPSA) is 148 Å². The summed E-state index contributed by atoms with van der Waals surface area (Å²) in [7, 11) is 1.59. The Balaban J connectivity index is 0.000000193. The molecule has 2 aromatic carbocycles. The van der Waals surface area contributed by atoms with Gasteiger partial charge in [-0.2, -0.15) is 13.2 Å². The fraction of sp³-hybridized carbons (Fsp3) is 0.214. The minimum absolute atomic E-state index is 0.148. The number of nitrogens with one attached hydrogen (secondary N) is 2. The standard InChI is InChI=1S/C24H26N4O3.C18H11F3O3/c1-25-24(30)22(17-5-3-2-4-6-17)28-23(29)21-10-9-20(31-21)19-8-7-18(15-27-19)16-11-13-26-14-12-16;19-18(20,21)14-7-5-12(6-8-14)11-1-3-13(4-2-11)15-9-10-16(24-15)17(22)23/h7-15,17,22H,2-6H2,1H3,(H,25,30)(H,28,29);1-10H,(H,22,23)/t22-;/m0./s1. The average molecular weight is 751 g/mol. The lowest BCUT2D eigenvalue weighted by atomic mass is 9.83. The first-order valence-electron chi connectivity index (χ1n) is 17.6. The molecule has 0 spiro atoms. The lowest BCUT2D eigenvalue weighted by molar-refractivity contribution is -0.137. The molecule has 3 N–H and O–H groups in total.